The van der Waals surface area contributed by atoms with Gasteiger partial charge in [-0.3, -0.25) is 14.2 Å². The van der Waals surface area contributed by atoms with Crippen LogP contribution >= 0.6 is 23.1 Å². The van der Waals surface area contributed by atoms with Crippen molar-refractivity contribution in [2.75, 3.05) is 20.0 Å². The quantitative estimate of drug-likeness (QED) is 0.399. The Morgan fingerprint density at radius 2 is 2.00 bits per heavy atom. The van der Waals surface area contributed by atoms with Gasteiger partial charge >= 0.3 is 0 Å². The molecule has 30 heavy (non-hydrogen) atoms. The number of carbonyl (C=O) groups is 1. The van der Waals surface area contributed by atoms with Crippen molar-refractivity contribution in [2.24, 2.45) is 5.92 Å². The van der Waals surface area contributed by atoms with Gasteiger partial charge in [0.05, 0.1) is 25.5 Å². The minimum atomic E-state index is -0.134. The Kier molecular flexibility index (Phi) is 7.38. The van der Waals surface area contributed by atoms with Crippen molar-refractivity contribution in [3.8, 4) is 11.5 Å². The van der Waals surface area contributed by atoms with E-state index < -0.39 is 0 Å². The SMILES string of the molecule is COc1ccc(CNC(=O)CSc2nc3ccsc3c(=O)n2CC(C)C)cc1OC. The Balaban J connectivity index is 1.67. The Morgan fingerprint density at radius 1 is 1.23 bits per heavy atom. The lowest BCUT2D eigenvalue weighted by Crippen LogP contribution is -2.27. The number of amides is 1. The number of aromatic nitrogens is 2. The van der Waals surface area contributed by atoms with Gasteiger partial charge in [0.15, 0.2) is 16.7 Å². The van der Waals surface area contributed by atoms with Crippen molar-refractivity contribution in [1.29, 1.82) is 0 Å². The first-order valence-corrected chi connectivity index (χ1v) is 11.4. The number of thiophene rings is 1. The summed E-state index contributed by atoms with van der Waals surface area (Å²) in [6, 6.07) is 7.35. The molecule has 0 radical (unpaired) electrons. The van der Waals surface area contributed by atoms with Gasteiger partial charge in [0, 0.05) is 13.1 Å². The number of ether oxygens (including phenoxy) is 2. The lowest BCUT2D eigenvalue weighted by atomic mass is 10.2. The van der Waals surface area contributed by atoms with Crippen LogP contribution in [0.15, 0.2) is 39.6 Å². The summed E-state index contributed by atoms with van der Waals surface area (Å²) in [6.07, 6.45) is 0. The van der Waals surface area contributed by atoms with Crippen LogP contribution in [0.4, 0.5) is 0 Å². The molecule has 1 amide bonds. The summed E-state index contributed by atoms with van der Waals surface area (Å²) in [5.41, 5.74) is 1.54. The van der Waals surface area contributed by atoms with Crippen molar-refractivity contribution in [1.82, 2.24) is 14.9 Å². The molecule has 9 heteroatoms. The summed E-state index contributed by atoms with van der Waals surface area (Å²) in [7, 11) is 3.15. The van der Waals surface area contributed by atoms with Crippen molar-refractivity contribution < 1.29 is 14.3 Å². The molecule has 1 N–H and O–H groups in total. The van der Waals surface area contributed by atoms with Gasteiger partial charge in [0.25, 0.3) is 5.56 Å². The molecule has 0 saturated heterocycles. The molecule has 160 valence electrons. The molecule has 0 saturated carbocycles. The van der Waals surface area contributed by atoms with E-state index in [0.29, 0.717) is 45.9 Å². The standard InChI is InChI=1S/C21H25N3O4S2/c1-13(2)11-24-20(26)19-15(7-8-29-19)23-21(24)30-12-18(25)22-10-14-5-6-16(27-3)17(9-14)28-4/h5-9,13H,10-12H2,1-4H3,(H,22,25). The number of nitrogens with one attached hydrogen (secondary N) is 1. The number of hydrogen-bond acceptors (Lipinski definition) is 7. The highest BCUT2D eigenvalue weighted by atomic mass is 32.2. The minimum absolute atomic E-state index is 0.0445. The molecule has 3 rings (SSSR count). The number of benzene rings is 1. The van der Waals surface area contributed by atoms with Crippen molar-refractivity contribution in [3.05, 3.63) is 45.6 Å². The molecular weight excluding hydrogens is 422 g/mol. The minimum Gasteiger partial charge on any atom is -0.493 e. The summed E-state index contributed by atoms with van der Waals surface area (Å²) in [5.74, 6) is 1.59. The predicted octanol–water partition coefficient (Wildman–Crippen LogP) is 3.54. The van der Waals surface area contributed by atoms with Gasteiger partial charge < -0.3 is 14.8 Å². The summed E-state index contributed by atoms with van der Waals surface area (Å²) in [5, 5.41) is 5.33. The normalized spacial score (nSPS) is 11.1. The predicted molar refractivity (Wildman–Crippen MR) is 121 cm³/mol. The van der Waals surface area contributed by atoms with E-state index in [9.17, 15) is 9.59 Å². The molecule has 2 aromatic heterocycles. The van der Waals surface area contributed by atoms with Crippen LogP contribution in [0.5, 0.6) is 11.5 Å². The van der Waals surface area contributed by atoms with Crippen molar-refractivity contribution >= 4 is 39.2 Å². The van der Waals surface area contributed by atoms with Crippen LogP contribution in [-0.2, 0) is 17.9 Å². The van der Waals surface area contributed by atoms with Gasteiger partial charge in [-0.1, -0.05) is 31.7 Å². The van der Waals surface area contributed by atoms with Crippen molar-refractivity contribution in [2.45, 2.75) is 32.1 Å². The average molecular weight is 448 g/mol. The molecule has 1 aromatic carbocycles. The molecule has 7 nitrogen and oxygen atoms in total. The summed E-state index contributed by atoms with van der Waals surface area (Å²) in [6.45, 7) is 5.04. The number of rotatable bonds is 9. The van der Waals surface area contributed by atoms with Crippen LogP contribution in [0.25, 0.3) is 10.2 Å². The maximum atomic E-state index is 12.8. The second-order valence-corrected chi connectivity index (χ2v) is 8.95. The molecule has 0 bridgehead atoms. The Labute approximate surface area is 183 Å². The summed E-state index contributed by atoms with van der Waals surface area (Å²) in [4.78, 5) is 29.8. The second kappa shape index (κ2) is 9.99. The number of hydrogen-bond donors (Lipinski definition) is 1. The molecule has 0 atom stereocenters. The molecule has 0 spiro atoms. The van der Waals surface area contributed by atoms with E-state index in [1.54, 1.807) is 24.9 Å². The topological polar surface area (TPSA) is 82.5 Å². The van der Waals surface area contributed by atoms with E-state index >= 15 is 0 Å². The molecule has 0 unspecified atom stereocenters. The third kappa shape index (κ3) is 5.14. The van der Waals surface area contributed by atoms with E-state index in [1.807, 2.05) is 23.6 Å². The van der Waals surface area contributed by atoms with E-state index in [2.05, 4.69) is 24.1 Å². The summed E-state index contributed by atoms with van der Waals surface area (Å²) < 4.78 is 12.8. The summed E-state index contributed by atoms with van der Waals surface area (Å²) >= 11 is 2.67. The molecule has 0 aliphatic heterocycles. The number of thioether (sulfide) groups is 1. The first-order valence-electron chi connectivity index (χ1n) is 9.51. The molecule has 0 aliphatic rings. The van der Waals surface area contributed by atoms with Gasteiger partial charge in [0.1, 0.15) is 4.70 Å². The van der Waals surface area contributed by atoms with Crippen LogP contribution in [0.2, 0.25) is 0 Å². The van der Waals surface area contributed by atoms with Gasteiger partial charge in [-0.2, -0.15) is 0 Å². The van der Waals surface area contributed by atoms with Crippen molar-refractivity contribution in [3.63, 3.8) is 0 Å². The highest BCUT2D eigenvalue weighted by Gasteiger charge is 2.15. The number of methoxy groups -OCH3 is 2. The maximum absolute atomic E-state index is 12.8. The molecule has 0 aliphatic carbocycles. The monoisotopic (exact) mass is 447 g/mol. The fourth-order valence-electron chi connectivity index (χ4n) is 2.93. The first-order chi connectivity index (χ1) is 14.4. The zero-order valence-corrected chi connectivity index (χ0v) is 19.1. The number of carbonyl (C=O) groups excluding carboxylic acids is 1. The smallest absolute Gasteiger partial charge is 0.272 e. The first kappa shape index (κ1) is 22.2. The van der Waals surface area contributed by atoms with Crippen LogP contribution in [0, 0.1) is 5.92 Å². The molecule has 2 heterocycles. The zero-order chi connectivity index (χ0) is 21.7. The highest BCUT2D eigenvalue weighted by molar-refractivity contribution is 7.99. The number of nitrogens with zero attached hydrogens (tertiary/aromatic N) is 2. The number of fused-ring (bicyclic) bond motifs is 1. The van der Waals surface area contributed by atoms with Crippen LogP contribution in [-0.4, -0.2) is 35.4 Å². The fraction of sp³-hybridized carbons (Fsp3) is 0.381. The van der Waals surface area contributed by atoms with E-state index in [1.165, 1.54) is 23.1 Å². The molecular formula is C21H25N3O4S2. The Hall–Kier alpha value is -2.52. The van der Waals surface area contributed by atoms with Gasteiger partial charge in [0.2, 0.25) is 5.91 Å². The molecule has 0 fully saturated rings. The van der Waals surface area contributed by atoms with Gasteiger partial charge in [-0.15, -0.1) is 11.3 Å². The second-order valence-electron chi connectivity index (χ2n) is 7.09. The van der Waals surface area contributed by atoms with Crippen LogP contribution in [0.3, 0.4) is 0 Å². The lowest BCUT2D eigenvalue weighted by Gasteiger charge is -2.14. The van der Waals surface area contributed by atoms with E-state index in [-0.39, 0.29) is 17.2 Å². The van der Waals surface area contributed by atoms with Crippen LogP contribution < -0.4 is 20.3 Å². The zero-order valence-electron chi connectivity index (χ0n) is 17.4. The highest BCUT2D eigenvalue weighted by Crippen LogP contribution is 2.27. The fourth-order valence-corrected chi connectivity index (χ4v) is 4.55. The Bertz CT molecular complexity index is 1090. The third-order valence-corrected chi connectivity index (χ3v) is 6.22. The van der Waals surface area contributed by atoms with Gasteiger partial charge in [-0.05, 0) is 35.1 Å². The largest absolute Gasteiger partial charge is 0.493 e. The van der Waals surface area contributed by atoms with Gasteiger partial charge in [-0.25, -0.2) is 4.98 Å². The Morgan fingerprint density at radius 3 is 2.70 bits per heavy atom. The van der Waals surface area contributed by atoms with E-state index in [4.69, 9.17) is 9.47 Å². The van der Waals surface area contributed by atoms with Crippen LogP contribution in [0.1, 0.15) is 19.4 Å². The lowest BCUT2D eigenvalue weighted by molar-refractivity contribution is -0.118. The average Bonchev–Trinajstić information content (AvgIpc) is 3.21. The van der Waals surface area contributed by atoms with E-state index in [0.717, 1.165) is 5.56 Å². The molecule has 3 aromatic rings. The third-order valence-electron chi connectivity index (χ3n) is 4.35. The maximum Gasteiger partial charge on any atom is 0.272 e.